The van der Waals surface area contributed by atoms with E-state index in [2.05, 4.69) is 25.7 Å². The molecular weight excluding hydrogens is 250 g/mol. The quantitative estimate of drug-likeness (QED) is 0.714. The summed E-state index contributed by atoms with van der Waals surface area (Å²) in [5.41, 5.74) is 0.363. The van der Waals surface area contributed by atoms with Gasteiger partial charge in [-0.05, 0) is 62.7 Å². The van der Waals surface area contributed by atoms with Crippen molar-refractivity contribution in [3.63, 3.8) is 0 Å². The summed E-state index contributed by atoms with van der Waals surface area (Å²) in [7, 11) is 0. The van der Waals surface area contributed by atoms with Crippen LogP contribution in [0, 0.1) is 11.3 Å². The zero-order valence-electron chi connectivity index (χ0n) is 13.2. The van der Waals surface area contributed by atoms with Crippen LogP contribution >= 0.6 is 0 Å². The molecule has 2 saturated heterocycles. The standard InChI is InChI=1S/C17H29NO2/c1-17(2,3)12-10-13-8-9-14(11-12)18(13)16(19)20-15-6-4-5-7-15/h12-15H,4-11H2,1-3H3. The minimum atomic E-state index is -0.0169. The second-order valence-corrected chi connectivity index (χ2v) is 8.12. The van der Waals surface area contributed by atoms with Crippen molar-refractivity contribution in [2.45, 2.75) is 90.3 Å². The highest BCUT2D eigenvalue weighted by molar-refractivity contribution is 5.69. The summed E-state index contributed by atoms with van der Waals surface area (Å²) >= 11 is 0. The lowest BCUT2D eigenvalue weighted by molar-refractivity contribution is 0.0174. The highest BCUT2D eigenvalue weighted by atomic mass is 16.6. The molecule has 0 radical (unpaired) electrons. The summed E-state index contributed by atoms with van der Waals surface area (Å²) in [6, 6.07) is 0.874. The average molecular weight is 279 g/mol. The van der Waals surface area contributed by atoms with E-state index < -0.39 is 0 Å². The van der Waals surface area contributed by atoms with Crippen LogP contribution in [0.3, 0.4) is 0 Å². The van der Waals surface area contributed by atoms with Crippen molar-refractivity contribution >= 4 is 6.09 Å². The largest absolute Gasteiger partial charge is 0.446 e. The molecular formula is C17H29NO2. The predicted molar refractivity (Wildman–Crippen MR) is 79.6 cm³/mol. The maximum Gasteiger partial charge on any atom is 0.410 e. The fraction of sp³-hybridized carbons (Fsp3) is 0.941. The Hall–Kier alpha value is -0.730. The Bertz CT molecular complexity index is 354. The van der Waals surface area contributed by atoms with Crippen LogP contribution in [0.15, 0.2) is 0 Å². The first kappa shape index (κ1) is 14.2. The molecule has 2 atom stereocenters. The lowest BCUT2D eigenvalue weighted by atomic mass is 9.73. The van der Waals surface area contributed by atoms with Gasteiger partial charge in [0.15, 0.2) is 0 Å². The van der Waals surface area contributed by atoms with Crippen LogP contribution in [0.1, 0.15) is 72.1 Å². The second-order valence-electron chi connectivity index (χ2n) is 8.12. The SMILES string of the molecule is CC(C)(C)C1CC2CCC(C1)N2C(=O)OC1CCCC1. The minimum absolute atomic E-state index is 0.0169. The third kappa shape index (κ3) is 2.68. The second kappa shape index (κ2) is 5.23. The molecule has 1 amide bonds. The summed E-state index contributed by atoms with van der Waals surface area (Å²) in [4.78, 5) is 14.6. The van der Waals surface area contributed by atoms with Crippen molar-refractivity contribution in [3.05, 3.63) is 0 Å². The Balaban J connectivity index is 1.63. The van der Waals surface area contributed by atoms with Gasteiger partial charge in [-0.1, -0.05) is 20.8 Å². The first-order chi connectivity index (χ1) is 9.45. The molecule has 0 aromatic rings. The van der Waals surface area contributed by atoms with E-state index in [1.54, 1.807) is 0 Å². The Labute approximate surface area is 123 Å². The number of piperidine rings is 1. The molecule has 1 saturated carbocycles. The number of carbonyl (C=O) groups excluding carboxylic acids is 1. The molecule has 3 fully saturated rings. The highest BCUT2D eigenvalue weighted by Gasteiger charge is 2.46. The molecule has 3 nitrogen and oxygen atoms in total. The normalized spacial score (nSPS) is 34.5. The van der Waals surface area contributed by atoms with Crippen LogP contribution in [-0.2, 0) is 4.74 Å². The molecule has 20 heavy (non-hydrogen) atoms. The summed E-state index contributed by atoms with van der Waals surface area (Å²) in [5, 5.41) is 0. The van der Waals surface area contributed by atoms with Gasteiger partial charge in [0.2, 0.25) is 0 Å². The van der Waals surface area contributed by atoms with Gasteiger partial charge >= 0.3 is 6.09 Å². The average Bonchev–Trinajstić information content (AvgIpc) is 2.94. The van der Waals surface area contributed by atoms with Gasteiger partial charge in [0.05, 0.1) is 0 Å². The smallest absolute Gasteiger partial charge is 0.410 e. The number of nitrogens with zero attached hydrogens (tertiary/aromatic N) is 1. The number of amides is 1. The van der Waals surface area contributed by atoms with Crippen LogP contribution in [0.5, 0.6) is 0 Å². The molecule has 2 bridgehead atoms. The molecule has 2 heterocycles. The maximum absolute atomic E-state index is 12.5. The van der Waals surface area contributed by atoms with Gasteiger partial charge in [-0.25, -0.2) is 4.79 Å². The molecule has 0 aromatic carbocycles. The summed E-state index contributed by atoms with van der Waals surface area (Å²) < 4.78 is 5.74. The molecule has 0 spiro atoms. The van der Waals surface area contributed by atoms with Crippen LogP contribution in [0.4, 0.5) is 4.79 Å². The van der Waals surface area contributed by atoms with E-state index in [0.717, 1.165) is 18.8 Å². The van der Waals surface area contributed by atoms with Gasteiger partial charge in [0.25, 0.3) is 0 Å². The van der Waals surface area contributed by atoms with Crippen LogP contribution < -0.4 is 0 Å². The summed E-state index contributed by atoms with van der Waals surface area (Å²) in [6.07, 6.45) is 9.44. The Morgan fingerprint density at radius 3 is 2.05 bits per heavy atom. The van der Waals surface area contributed by atoms with Crippen molar-refractivity contribution < 1.29 is 9.53 Å². The zero-order valence-corrected chi connectivity index (χ0v) is 13.2. The van der Waals surface area contributed by atoms with Crippen molar-refractivity contribution in [2.75, 3.05) is 0 Å². The molecule has 114 valence electrons. The molecule has 2 unspecified atom stereocenters. The van der Waals surface area contributed by atoms with E-state index in [1.165, 1.54) is 38.5 Å². The van der Waals surface area contributed by atoms with Gasteiger partial charge in [0.1, 0.15) is 6.10 Å². The van der Waals surface area contributed by atoms with E-state index in [1.807, 2.05) is 0 Å². The minimum Gasteiger partial charge on any atom is -0.446 e. The molecule has 0 aromatic heterocycles. The molecule has 3 heteroatoms. The van der Waals surface area contributed by atoms with Gasteiger partial charge < -0.3 is 9.64 Å². The third-order valence-corrected chi connectivity index (χ3v) is 5.74. The first-order valence-electron chi connectivity index (χ1n) is 8.44. The van der Waals surface area contributed by atoms with E-state index in [-0.39, 0.29) is 12.2 Å². The highest BCUT2D eigenvalue weighted by Crippen LogP contribution is 2.45. The maximum atomic E-state index is 12.5. The van der Waals surface area contributed by atoms with Crippen molar-refractivity contribution in [1.82, 2.24) is 4.90 Å². The topological polar surface area (TPSA) is 29.5 Å². The fourth-order valence-electron chi connectivity index (χ4n) is 4.39. The van der Waals surface area contributed by atoms with Crippen molar-refractivity contribution in [1.29, 1.82) is 0 Å². The van der Waals surface area contributed by atoms with E-state index in [9.17, 15) is 4.79 Å². The van der Waals surface area contributed by atoms with E-state index in [4.69, 9.17) is 4.74 Å². The van der Waals surface area contributed by atoms with Gasteiger partial charge in [0, 0.05) is 12.1 Å². The Morgan fingerprint density at radius 1 is 1.00 bits per heavy atom. The molecule has 0 N–H and O–H groups in total. The van der Waals surface area contributed by atoms with E-state index in [0.29, 0.717) is 17.5 Å². The Morgan fingerprint density at radius 2 is 1.55 bits per heavy atom. The lowest BCUT2D eigenvalue weighted by Crippen LogP contribution is -2.49. The van der Waals surface area contributed by atoms with Crippen molar-refractivity contribution in [3.8, 4) is 0 Å². The molecule has 2 aliphatic heterocycles. The zero-order chi connectivity index (χ0) is 14.3. The van der Waals surface area contributed by atoms with E-state index >= 15 is 0 Å². The summed E-state index contributed by atoms with van der Waals surface area (Å²) in [6.45, 7) is 7.01. The summed E-state index contributed by atoms with van der Waals surface area (Å²) in [5.74, 6) is 0.746. The van der Waals surface area contributed by atoms with Crippen LogP contribution in [0.2, 0.25) is 0 Å². The van der Waals surface area contributed by atoms with Crippen molar-refractivity contribution in [2.24, 2.45) is 11.3 Å². The molecule has 3 rings (SSSR count). The number of carbonyl (C=O) groups is 1. The molecule has 3 aliphatic rings. The Kier molecular flexibility index (Phi) is 3.72. The fourth-order valence-corrected chi connectivity index (χ4v) is 4.39. The first-order valence-corrected chi connectivity index (χ1v) is 8.44. The predicted octanol–water partition coefficient (Wildman–Crippen LogP) is 4.35. The number of hydrogen-bond donors (Lipinski definition) is 0. The van der Waals surface area contributed by atoms with Gasteiger partial charge in [-0.15, -0.1) is 0 Å². The number of fused-ring (bicyclic) bond motifs is 2. The van der Waals surface area contributed by atoms with Crippen LogP contribution in [0.25, 0.3) is 0 Å². The lowest BCUT2D eigenvalue weighted by Gasteiger charge is -2.43. The van der Waals surface area contributed by atoms with Gasteiger partial charge in [-0.3, -0.25) is 0 Å². The number of ether oxygens (including phenoxy) is 1. The molecule has 1 aliphatic carbocycles. The monoisotopic (exact) mass is 279 g/mol. The van der Waals surface area contributed by atoms with Gasteiger partial charge in [-0.2, -0.15) is 0 Å². The number of rotatable bonds is 1. The number of hydrogen-bond acceptors (Lipinski definition) is 2. The third-order valence-electron chi connectivity index (χ3n) is 5.74. The van der Waals surface area contributed by atoms with Crippen LogP contribution in [-0.4, -0.2) is 29.2 Å².